The Kier molecular flexibility index (Phi) is 13.2. The largest absolute Gasteiger partial charge is 0.380 e. The van der Waals surface area contributed by atoms with Gasteiger partial charge in [-0.15, -0.1) is 12.4 Å². The van der Waals surface area contributed by atoms with Crippen molar-refractivity contribution in [1.29, 1.82) is 0 Å². The number of fused-ring (bicyclic) bond motifs is 1. The first-order valence-electron chi connectivity index (χ1n) is 13.4. The predicted molar refractivity (Wildman–Crippen MR) is 165 cm³/mol. The van der Waals surface area contributed by atoms with Crippen molar-refractivity contribution in [3.8, 4) is 0 Å². The van der Waals surface area contributed by atoms with E-state index in [9.17, 15) is 18.0 Å². The van der Waals surface area contributed by atoms with E-state index >= 15 is 0 Å². The van der Waals surface area contributed by atoms with Crippen LogP contribution in [0.15, 0.2) is 77.7 Å². The highest BCUT2D eigenvalue weighted by Crippen LogP contribution is 2.18. The maximum Gasteiger partial charge on any atom is 0.242 e. The SMILES string of the molecule is CO[C@H](C)CNCCCNC(=O)[C@@H](Cc1ccc2ccccc2c1)NC(=O)C(C)(C)NS(=O)(=O)c1ccccc1.Cl. The summed E-state index contributed by atoms with van der Waals surface area (Å²) in [6.45, 7) is 6.74. The third-order valence-electron chi connectivity index (χ3n) is 6.55. The summed E-state index contributed by atoms with van der Waals surface area (Å²) < 4.78 is 33.5. The highest BCUT2D eigenvalue weighted by atomic mass is 35.5. The molecule has 0 radical (unpaired) electrons. The highest BCUT2D eigenvalue weighted by molar-refractivity contribution is 7.89. The number of methoxy groups -OCH3 is 1. The third kappa shape index (κ3) is 10.4. The molecule has 0 aliphatic carbocycles. The molecule has 9 nitrogen and oxygen atoms in total. The fourth-order valence-corrected chi connectivity index (χ4v) is 5.52. The molecule has 0 fully saturated rings. The second-order valence-electron chi connectivity index (χ2n) is 10.4. The van der Waals surface area contributed by atoms with E-state index in [2.05, 4.69) is 20.7 Å². The van der Waals surface area contributed by atoms with Gasteiger partial charge in [0.2, 0.25) is 21.8 Å². The van der Waals surface area contributed by atoms with Crippen molar-refractivity contribution in [3.63, 3.8) is 0 Å². The molecule has 0 heterocycles. The third-order valence-corrected chi connectivity index (χ3v) is 8.22. The zero-order chi connectivity index (χ0) is 29.2. The van der Waals surface area contributed by atoms with Crippen molar-refractivity contribution >= 4 is 45.0 Å². The molecular formula is C30H41ClN4O5S. The first-order chi connectivity index (χ1) is 19.0. The van der Waals surface area contributed by atoms with Crippen molar-refractivity contribution in [2.24, 2.45) is 0 Å². The number of sulfonamides is 1. The Morgan fingerprint density at radius 3 is 2.27 bits per heavy atom. The molecule has 0 aliphatic rings. The minimum atomic E-state index is -3.96. The minimum absolute atomic E-state index is 0. The molecule has 3 aromatic rings. The summed E-state index contributed by atoms with van der Waals surface area (Å²) >= 11 is 0. The predicted octanol–water partition coefficient (Wildman–Crippen LogP) is 3.18. The number of nitrogens with one attached hydrogen (secondary N) is 4. The van der Waals surface area contributed by atoms with E-state index in [0.717, 1.165) is 16.3 Å². The number of benzene rings is 3. The fourth-order valence-electron chi connectivity index (χ4n) is 4.13. The van der Waals surface area contributed by atoms with Gasteiger partial charge >= 0.3 is 0 Å². The van der Waals surface area contributed by atoms with Crippen LogP contribution >= 0.6 is 12.4 Å². The monoisotopic (exact) mass is 604 g/mol. The van der Waals surface area contributed by atoms with Crippen molar-refractivity contribution in [2.75, 3.05) is 26.7 Å². The molecule has 4 N–H and O–H groups in total. The van der Waals surface area contributed by atoms with Gasteiger partial charge < -0.3 is 20.7 Å². The number of carbonyl (C=O) groups excluding carboxylic acids is 2. The number of hydrogen-bond donors (Lipinski definition) is 4. The fraction of sp³-hybridized carbons (Fsp3) is 0.400. The molecule has 2 atom stereocenters. The number of rotatable bonds is 15. The Labute approximate surface area is 249 Å². The van der Waals surface area contributed by atoms with Gasteiger partial charge in [0.25, 0.3) is 0 Å². The molecule has 3 rings (SSSR count). The summed E-state index contributed by atoms with van der Waals surface area (Å²) in [6.07, 6.45) is 1.04. The average molecular weight is 605 g/mol. The number of amides is 2. The minimum Gasteiger partial charge on any atom is -0.380 e. The number of halogens is 1. The van der Waals surface area contributed by atoms with E-state index in [-0.39, 0.29) is 35.7 Å². The zero-order valence-electron chi connectivity index (χ0n) is 24.0. The van der Waals surface area contributed by atoms with Gasteiger partial charge in [-0.1, -0.05) is 60.7 Å². The smallest absolute Gasteiger partial charge is 0.242 e. The van der Waals surface area contributed by atoms with Crippen molar-refractivity contribution in [2.45, 2.75) is 56.2 Å². The Morgan fingerprint density at radius 2 is 1.59 bits per heavy atom. The Bertz CT molecular complexity index is 1390. The summed E-state index contributed by atoms with van der Waals surface area (Å²) in [5, 5.41) is 11.1. The molecule has 0 aliphatic heterocycles. The first kappa shape index (κ1) is 34.2. The lowest BCUT2D eigenvalue weighted by Gasteiger charge is -2.28. The molecule has 3 aromatic carbocycles. The van der Waals surface area contributed by atoms with Gasteiger partial charge in [-0.3, -0.25) is 9.59 Å². The maximum atomic E-state index is 13.4. The normalized spacial score (nSPS) is 13.2. The molecule has 0 spiro atoms. The molecule has 0 aromatic heterocycles. The molecule has 11 heteroatoms. The maximum absolute atomic E-state index is 13.4. The van der Waals surface area contributed by atoms with Crippen LogP contribution in [0.1, 0.15) is 32.8 Å². The molecule has 0 unspecified atom stereocenters. The van der Waals surface area contributed by atoms with Gasteiger partial charge in [0, 0.05) is 26.6 Å². The summed E-state index contributed by atoms with van der Waals surface area (Å²) in [5.41, 5.74) is -0.643. The molecule has 41 heavy (non-hydrogen) atoms. The van der Waals surface area contributed by atoms with E-state index < -0.39 is 27.5 Å². The number of ether oxygens (including phenoxy) is 1. The van der Waals surface area contributed by atoms with E-state index in [1.54, 1.807) is 25.3 Å². The highest BCUT2D eigenvalue weighted by Gasteiger charge is 2.35. The van der Waals surface area contributed by atoms with Crippen LogP contribution in [0, 0.1) is 0 Å². The van der Waals surface area contributed by atoms with Gasteiger partial charge in [-0.25, -0.2) is 8.42 Å². The van der Waals surface area contributed by atoms with Crippen LogP contribution in [0.5, 0.6) is 0 Å². The Hall–Kier alpha value is -3.02. The van der Waals surface area contributed by atoms with Gasteiger partial charge in [0.05, 0.1) is 11.0 Å². The lowest BCUT2D eigenvalue weighted by atomic mass is 9.99. The van der Waals surface area contributed by atoms with Crippen LogP contribution in [0.2, 0.25) is 0 Å². The van der Waals surface area contributed by atoms with Crippen molar-refractivity contribution in [3.05, 3.63) is 78.4 Å². The van der Waals surface area contributed by atoms with E-state index in [0.29, 0.717) is 26.1 Å². The molecular weight excluding hydrogens is 564 g/mol. The van der Waals surface area contributed by atoms with E-state index in [1.807, 2.05) is 49.4 Å². The van der Waals surface area contributed by atoms with E-state index in [4.69, 9.17) is 4.74 Å². The quantitative estimate of drug-likeness (QED) is 0.198. The summed E-state index contributed by atoms with van der Waals surface area (Å²) in [7, 11) is -2.30. The average Bonchev–Trinajstić information content (AvgIpc) is 2.94. The van der Waals surface area contributed by atoms with Crippen molar-refractivity contribution < 1.29 is 22.7 Å². The lowest BCUT2D eigenvalue weighted by molar-refractivity contribution is -0.131. The van der Waals surface area contributed by atoms with Crippen LogP contribution in [0.25, 0.3) is 10.8 Å². The van der Waals surface area contributed by atoms with Crippen LogP contribution in [0.3, 0.4) is 0 Å². The van der Waals surface area contributed by atoms with Gasteiger partial charge in [-0.2, -0.15) is 4.72 Å². The van der Waals surface area contributed by atoms with Gasteiger partial charge in [0.15, 0.2) is 0 Å². The van der Waals surface area contributed by atoms with Gasteiger partial charge in [0.1, 0.15) is 11.6 Å². The second kappa shape index (κ2) is 15.8. The van der Waals surface area contributed by atoms with Crippen LogP contribution < -0.4 is 20.7 Å². The number of hydrogen-bond acceptors (Lipinski definition) is 6. The summed E-state index contributed by atoms with van der Waals surface area (Å²) in [4.78, 5) is 26.7. The molecule has 2 amide bonds. The second-order valence-corrected chi connectivity index (χ2v) is 12.0. The molecule has 0 saturated carbocycles. The number of carbonyl (C=O) groups is 2. The summed E-state index contributed by atoms with van der Waals surface area (Å²) in [6, 6.07) is 20.7. The summed E-state index contributed by atoms with van der Waals surface area (Å²) in [5.74, 6) is -0.948. The lowest BCUT2D eigenvalue weighted by Crippen LogP contribution is -2.59. The van der Waals surface area contributed by atoms with Crippen molar-refractivity contribution in [1.82, 2.24) is 20.7 Å². The first-order valence-corrected chi connectivity index (χ1v) is 14.9. The van der Waals surface area contributed by atoms with Gasteiger partial charge in [-0.05, 0) is 62.2 Å². The van der Waals surface area contributed by atoms with Crippen LogP contribution in [-0.4, -0.2) is 64.7 Å². The molecule has 0 saturated heterocycles. The molecule has 0 bridgehead atoms. The van der Waals surface area contributed by atoms with Crippen LogP contribution in [0.4, 0.5) is 0 Å². The van der Waals surface area contributed by atoms with Crippen LogP contribution in [-0.2, 0) is 30.8 Å². The molecule has 224 valence electrons. The van der Waals surface area contributed by atoms with E-state index in [1.165, 1.54) is 26.0 Å². The Morgan fingerprint density at radius 1 is 0.927 bits per heavy atom. The Balaban J connectivity index is 0.00000588. The topological polar surface area (TPSA) is 126 Å². The zero-order valence-corrected chi connectivity index (χ0v) is 25.6. The standard InChI is InChI=1S/C30H40N4O5S.ClH/c1-22(39-4)21-31-17-10-18-32-28(35)27(20-23-15-16-24-11-8-9-12-25(24)19-23)33-29(36)30(2,3)34-40(37,38)26-13-6-5-7-14-26;/h5-9,11-16,19,22,27,31,34H,10,17-18,20-21H2,1-4H3,(H,32,35)(H,33,36);1H/t22-,27-;/m1./s1.